The number of rotatable bonds is 8. The summed E-state index contributed by atoms with van der Waals surface area (Å²) < 4.78 is 28.7. The Morgan fingerprint density at radius 3 is 2.59 bits per heavy atom. The lowest BCUT2D eigenvalue weighted by Crippen LogP contribution is -2.53. The van der Waals surface area contributed by atoms with E-state index in [-0.39, 0.29) is 35.7 Å². The molecule has 2 amide bonds. The summed E-state index contributed by atoms with van der Waals surface area (Å²) in [6.45, 7) is 14.6. The van der Waals surface area contributed by atoms with Crippen LogP contribution in [0.5, 0.6) is 0 Å². The van der Waals surface area contributed by atoms with E-state index in [9.17, 15) is 14.7 Å². The van der Waals surface area contributed by atoms with E-state index < -0.39 is 30.0 Å². The van der Waals surface area contributed by atoms with Crippen LogP contribution in [0, 0.1) is 5.92 Å². The molecule has 0 saturated carbocycles. The number of nitrogens with one attached hydrogen (secondary N) is 1. The molecule has 4 heterocycles. The highest BCUT2D eigenvalue weighted by Crippen LogP contribution is 2.46. The molecular weight excluding hydrogens is 528 g/mol. The zero-order chi connectivity index (χ0) is 29.8. The van der Waals surface area contributed by atoms with E-state index >= 15 is 0 Å². The number of carbonyl (C=O) groups excluding carboxylic acids is 2. The molecule has 0 bridgehead atoms. The molecule has 1 spiro atoms. The fraction of sp³-hybridized carbons (Fsp3) is 0.742. The van der Waals surface area contributed by atoms with Gasteiger partial charge in [0.25, 0.3) is 0 Å². The summed E-state index contributed by atoms with van der Waals surface area (Å²) in [5.41, 5.74) is 0.258. The van der Waals surface area contributed by atoms with Gasteiger partial charge in [-0.15, -0.1) is 0 Å². The Balaban J connectivity index is 1.21. The van der Waals surface area contributed by atoms with Crippen LogP contribution in [0.3, 0.4) is 0 Å². The third-order valence-corrected chi connectivity index (χ3v) is 8.39. The van der Waals surface area contributed by atoms with E-state index in [1.165, 1.54) is 6.08 Å². The average molecular weight is 577 g/mol. The van der Waals surface area contributed by atoms with Crippen LogP contribution in [-0.2, 0) is 28.5 Å². The van der Waals surface area contributed by atoms with Crippen molar-refractivity contribution in [2.75, 3.05) is 32.9 Å². The largest absolute Gasteiger partial charge is 0.442 e. The van der Waals surface area contributed by atoms with Crippen LogP contribution in [0.2, 0.25) is 0 Å². The van der Waals surface area contributed by atoms with E-state index in [1.807, 2.05) is 39.8 Å². The van der Waals surface area contributed by atoms with Crippen molar-refractivity contribution >= 4 is 12.0 Å². The lowest BCUT2D eigenvalue weighted by atomic mass is 9.83. The number of hydrogen-bond acceptors (Lipinski definition) is 8. The van der Waals surface area contributed by atoms with Gasteiger partial charge in [-0.3, -0.25) is 4.79 Å². The van der Waals surface area contributed by atoms with Crippen molar-refractivity contribution < 1.29 is 38.4 Å². The summed E-state index contributed by atoms with van der Waals surface area (Å²) in [4.78, 5) is 26.4. The van der Waals surface area contributed by atoms with Gasteiger partial charge in [-0.25, -0.2) is 4.79 Å². The molecule has 230 valence electrons. The van der Waals surface area contributed by atoms with Gasteiger partial charge >= 0.3 is 6.09 Å². The number of ether oxygens (including phenoxy) is 5. The van der Waals surface area contributed by atoms with Gasteiger partial charge in [0, 0.05) is 25.6 Å². The molecule has 0 radical (unpaired) electrons. The van der Waals surface area contributed by atoms with E-state index in [0.717, 1.165) is 18.4 Å². The van der Waals surface area contributed by atoms with E-state index in [2.05, 4.69) is 18.3 Å². The minimum Gasteiger partial charge on any atom is -0.442 e. The van der Waals surface area contributed by atoms with Crippen LogP contribution in [-0.4, -0.2) is 103 Å². The van der Waals surface area contributed by atoms with Gasteiger partial charge in [0.1, 0.15) is 23.9 Å². The predicted octanol–water partition coefficient (Wildman–Crippen LogP) is 3.29. The third-order valence-electron chi connectivity index (χ3n) is 8.39. The van der Waals surface area contributed by atoms with Gasteiger partial charge in [0.15, 0.2) is 0 Å². The minimum absolute atomic E-state index is 0.0373. The smallest absolute Gasteiger partial charge is 0.410 e. The lowest BCUT2D eigenvalue weighted by molar-refractivity contribution is -0.171. The first-order valence-electron chi connectivity index (χ1n) is 14.9. The predicted molar refractivity (Wildman–Crippen MR) is 153 cm³/mol. The zero-order valence-corrected chi connectivity index (χ0v) is 25.3. The molecular formula is C31H48N2O8. The Morgan fingerprint density at radius 1 is 1.20 bits per heavy atom. The first-order chi connectivity index (χ1) is 19.4. The van der Waals surface area contributed by atoms with Crippen molar-refractivity contribution in [1.82, 2.24) is 10.2 Å². The molecule has 10 nitrogen and oxygen atoms in total. The van der Waals surface area contributed by atoms with Crippen molar-refractivity contribution in [3.8, 4) is 0 Å². The van der Waals surface area contributed by atoms with Crippen LogP contribution < -0.4 is 5.32 Å². The molecule has 0 aliphatic carbocycles. The van der Waals surface area contributed by atoms with Gasteiger partial charge in [-0.1, -0.05) is 30.7 Å². The molecule has 10 heteroatoms. The summed E-state index contributed by atoms with van der Waals surface area (Å²) in [6.07, 6.45) is 9.22. The molecule has 0 aromatic rings. The number of morpholine rings is 1. The zero-order valence-electron chi connectivity index (χ0n) is 25.3. The summed E-state index contributed by atoms with van der Waals surface area (Å²) in [6, 6.07) is -0.111. The second-order valence-electron chi connectivity index (χ2n) is 12.6. The number of epoxide rings is 1. The second kappa shape index (κ2) is 13.4. The first-order valence-corrected chi connectivity index (χ1v) is 14.9. The number of allylic oxidation sites excluding steroid dienone is 2. The molecule has 4 saturated heterocycles. The van der Waals surface area contributed by atoms with Crippen LogP contribution >= 0.6 is 0 Å². The number of carbonyl (C=O) groups is 2. The van der Waals surface area contributed by atoms with Gasteiger partial charge in [-0.05, 0) is 59.5 Å². The maximum Gasteiger partial charge on any atom is 0.410 e. The summed E-state index contributed by atoms with van der Waals surface area (Å²) in [7, 11) is 0. The molecule has 4 rings (SSSR count). The van der Waals surface area contributed by atoms with Crippen molar-refractivity contribution in [3.63, 3.8) is 0 Å². The molecule has 4 fully saturated rings. The first kappa shape index (κ1) is 31.7. The van der Waals surface area contributed by atoms with E-state index in [4.69, 9.17) is 23.7 Å². The van der Waals surface area contributed by atoms with Crippen LogP contribution in [0.4, 0.5) is 4.79 Å². The van der Waals surface area contributed by atoms with Gasteiger partial charge in [-0.2, -0.15) is 0 Å². The Morgan fingerprint density at radius 2 is 1.90 bits per heavy atom. The number of aliphatic hydroxyl groups is 1. The quantitative estimate of drug-likeness (QED) is 0.257. The minimum atomic E-state index is -0.669. The number of nitrogens with zero attached hydrogens (tertiary/aromatic N) is 1. The monoisotopic (exact) mass is 576 g/mol. The Hall–Kier alpha value is -2.24. The van der Waals surface area contributed by atoms with Gasteiger partial charge < -0.3 is 39.0 Å². The molecule has 4 unspecified atom stereocenters. The van der Waals surface area contributed by atoms with Gasteiger partial charge in [0.2, 0.25) is 5.91 Å². The fourth-order valence-electron chi connectivity index (χ4n) is 5.91. The SMILES string of the molecule is CC(/C=C/[C@H]1OC(C)(C)C[C@@]2(CO2)[C@@H]1O)=C\CC1OC(C)C(NC(=O)/C=C\[C@H](C)OC(=O)N2CCOCC2)CC1C. The summed E-state index contributed by atoms with van der Waals surface area (Å²) in [5, 5.41) is 13.8. The normalized spacial score (nSPS) is 36.5. The highest BCUT2D eigenvalue weighted by atomic mass is 16.6. The Labute approximate surface area is 244 Å². The maximum atomic E-state index is 12.6. The molecule has 41 heavy (non-hydrogen) atoms. The van der Waals surface area contributed by atoms with Crippen molar-refractivity contribution in [3.05, 3.63) is 36.0 Å². The third kappa shape index (κ3) is 8.64. The van der Waals surface area contributed by atoms with Crippen molar-refractivity contribution in [1.29, 1.82) is 0 Å². The highest BCUT2D eigenvalue weighted by Gasteiger charge is 2.60. The van der Waals surface area contributed by atoms with Crippen molar-refractivity contribution in [2.24, 2.45) is 5.92 Å². The summed E-state index contributed by atoms with van der Waals surface area (Å²) >= 11 is 0. The molecule has 8 atom stereocenters. The molecule has 0 aromatic heterocycles. The number of hydrogen-bond donors (Lipinski definition) is 2. The standard InChI is InChI=1S/C31H48N2O8/c1-20(8-11-26-28(35)31(19-38-31)18-30(5,6)41-26)7-10-25-21(2)17-24(23(4)40-25)32-27(34)12-9-22(3)39-29(36)33-13-15-37-16-14-33/h7-9,11-12,21-26,28,35H,10,13-19H2,1-6H3,(H,32,34)/b11-8+,12-9-,20-7+/t21?,22-,23?,24?,25?,26+,28+,31+/m0/s1. The second-order valence-corrected chi connectivity index (χ2v) is 12.6. The topological polar surface area (TPSA) is 119 Å². The summed E-state index contributed by atoms with van der Waals surface area (Å²) in [5.74, 6) is 0.0120. The maximum absolute atomic E-state index is 12.6. The van der Waals surface area contributed by atoms with E-state index in [0.29, 0.717) is 39.3 Å². The number of aliphatic hydroxyl groups excluding tert-OH is 1. The molecule has 2 N–H and O–H groups in total. The Kier molecular flexibility index (Phi) is 10.3. The fourth-order valence-corrected chi connectivity index (χ4v) is 5.91. The average Bonchev–Trinajstić information content (AvgIpc) is 3.69. The number of amides is 2. The van der Waals surface area contributed by atoms with Crippen molar-refractivity contribution in [2.45, 2.75) is 109 Å². The van der Waals surface area contributed by atoms with E-state index in [1.54, 1.807) is 17.9 Å². The van der Waals surface area contributed by atoms with Gasteiger partial charge in [0.05, 0.1) is 43.7 Å². The van der Waals surface area contributed by atoms with Crippen LogP contribution in [0.15, 0.2) is 36.0 Å². The lowest BCUT2D eigenvalue weighted by Gasteiger charge is -2.41. The Bertz CT molecular complexity index is 1010. The molecule has 4 aliphatic heterocycles. The molecule has 0 aromatic carbocycles. The molecule has 4 aliphatic rings. The van der Waals surface area contributed by atoms with Crippen LogP contribution in [0.25, 0.3) is 0 Å². The highest BCUT2D eigenvalue weighted by molar-refractivity contribution is 5.87. The van der Waals surface area contributed by atoms with Crippen LogP contribution in [0.1, 0.15) is 60.8 Å².